The van der Waals surface area contributed by atoms with Gasteiger partial charge in [-0.25, -0.2) is 23.5 Å². The van der Waals surface area contributed by atoms with Gasteiger partial charge in [-0.15, -0.1) is 0 Å². The molecule has 2 fully saturated rings. The highest BCUT2D eigenvalue weighted by Crippen LogP contribution is 2.57. The molecule has 5 heterocycles. The van der Waals surface area contributed by atoms with E-state index in [1.54, 1.807) is 12.1 Å². The van der Waals surface area contributed by atoms with Gasteiger partial charge in [-0.1, -0.05) is 6.07 Å². The Balaban J connectivity index is 0.943. The van der Waals surface area contributed by atoms with Crippen molar-refractivity contribution >= 4 is 54.5 Å². The Kier molecular flexibility index (Phi) is 13.2. The number of amides is 1. The topological polar surface area (TPSA) is 403 Å². The molecule has 26 nitrogen and oxygen atoms in total. The average molecular weight is 1000 g/mol. The van der Waals surface area contributed by atoms with Crippen molar-refractivity contribution < 1.29 is 92.7 Å². The largest absolute Gasteiger partial charge is 0.508 e. The number of anilines is 2. The molecule has 1 aromatic heterocycles. The van der Waals surface area contributed by atoms with E-state index in [4.69, 9.17) is 45.9 Å². The van der Waals surface area contributed by atoms with Crippen LogP contribution in [-0.4, -0.2) is 146 Å². The van der Waals surface area contributed by atoms with Gasteiger partial charge in [-0.3, -0.25) is 13.9 Å². The predicted molar refractivity (Wildman–Crippen MR) is 233 cm³/mol. The van der Waals surface area contributed by atoms with Gasteiger partial charge in [0.05, 0.1) is 30.4 Å². The number of hydrogen-bond donors (Lipinski definition) is 13. The highest BCUT2D eigenvalue weighted by molar-refractivity contribution is 7.80. The van der Waals surface area contributed by atoms with E-state index in [2.05, 4.69) is 20.9 Å². The fourth-order valence-corrected chi connectivity index (χ4v) is 9.64. The maximum Gasteiger partial charge on any atom is 0.475 e. The van der Waals surface area contributed by atoms with Gasteiger partial charge < -0.3 is 86.4 Å². The van der Waals surface area contributed by atoms with Gasteiger partial charge in [0, 0.05) is 60.6 Å². The minimum Gasteiger partial charge on any atom is -0.508 e. The standard InChI is InChI=1S/C41H43N6O20PS/c1-16(48)44-30-24(51)13-40(37(57)58,67-68(60,61)62-15-28-32(54)33(55)35(64-28)47-9-8-29(42)46-39(47)59)65-34(30)31(53)25(52)14-43-38(69)45-17-2-5-21-20(10-17)36(56)66-41(21)22-6-3-18(49)11-26(22)63-27-12-19(50)4-7-23(27)41/h2-12,24-25,28,30-35,49-55H,13-15H2,1H3,(H,44,48)(H,57,58)(H,60,61)(H2,42,46,59)(H2,43,45,69)/t24?,25-,28?,30?,31?,32?,33?,34?,35?,40?/m1/s1. The third-order valence-electron chi connectivity index (χ3n) is 11.6. The van der Waals surface area contributed by atoms with E-state index in [1.807, 2.05) is 0 Å². The molecule has 69 heavy (non-hydrogen) atoms. The number of esters is 1. The molecule has 28 heteroatoms. The Labute approximate surface area is 393 Å². The second-order valence-corrected chi connectivity index (χ2v) is 18.1. The molecule has 1 amide bonds. The minimum atomic E-state index is -5.66. The molecule has 2 saturated heterocycles. The summed E-state index contributed by atoms with van der Waals surface area (Å²) in [5, 5.41) is 93.1. The van der Waals surface area contributed by atoms with E-state index in [1.165, 1.54) is 48.5 Å². The second kappa shape index (κ2) is 18.5. The Bertz CT molecular complexity index is 2790. The molecule has 8 rings (SSSR count). The molecule has 0 radical (unpaired) electrons. The number of phenolic OH excluding ortho intramolecular Hbond substituents is 2. The summed E-state index contributed by atoms with van der Waals surface area (Å²) >= 11 is 5.40. The molecule has 368 valence electrons. The highest BCUT2D eigenvalue weighted by atomic mass is 32.1. The molecule has 14 N–H and O–H groups in total. The molecule has 4 aliphatic rings. The molecule has 4 aliphatic heterocycles. The lowest BCUT2D eigenvalue weighted by Gasteiger charge is -2.46. The number of nitrogens with two attached hydrogens (primary N) is 1. The van der Waals surface area contributed by atoms with Crippen LogP contribution in [0.2, 0.25) is 0 Å². The first-order valence-electron chi connectivity index (χ1n) is 20.6. The number of carbonyl (C=O) groups is 3. The number of thiocarbonyl (C=S) groups is 1. The van der Waals surface area contributed by atoms with Crippen LogP contribution >= 0.6 is 20.0 Å². The summed E-state index contributed by atoms with van der Waals surface area (Å²) in [5.74, 6) is -7.09. The number of hydrogen-bond acceptors (Lipinski definition) is 21. The van der Waals surface area contributed by atoms with Crippen molar-refractivity contribution in [2.75, 3.05) is 24.2 Å². The zero-order valence-electron chi connectivity index (χ0n) is 35.5. The van der Waals surface area contributed by atoms with E-state index >= 15 is 0 Å². The Morgan fingerprint density at radius 2 is 1.65 bits per heavy atom. The minimum absolute atomic E-state index is 0.0965. The number of carboxylic acid groups (broad SMARTS) is 1. The maximum absolute atomic E-state index is 13.6. The van der Waals surface area contributed by atoms with E-state index in [-0.39, 0.29) is 45.2 Å². The highest BCUT2D eigenvalue weighted by Gasteiger charge is 2.59. The van der Waals surface area contributed by atoms with Crippen LogP contribution in [0.5, 0.6) is 23.0 Å². The smallest absolute Gasteiger partial charge is 0.475 e. The van der Waals surface area contributed by atoms with Gasteiger partial charge in [-0.05, 0) is 54.7 Å². The molecule has 1 spiro atoms. The summed E-state index contributed by atoms with van der Waals surface area (Å²) in [5.41, 5.74) is 4.45. The lowest BCUT2D eigenvalue weighted by atomic mass is 9.77. The third kappa shape index (κ3) is 9.30. The zero-order valence-corrected chi connectivity index (χ0v) is 37.2. The van der Waals surface area contributed by atoms with Gasteiger partial charge in [0.2, 0.25) is 5.91 Å². The van der Waals surface area contributed by atoms with Crippen LogP contribution in [0.4, 0.5) is 11.5 Å². The quantitative estimate of drug-likeness (QED) is 0.0421. The van der Waals surface area contributed by atoms with E-state index in [0.717, 1.165) is 17.7 Å². The lowest BCUT2D eigenvalue weighted by molar-refractivity contribution is -0.288. The molecule has 4 aromatic rings. The van der Waals surface area contributed by atoms with Crippen molar-refractivity contribution in [3.05, 3.63) is 99.6 Å². The summed E-state index contributed by atoms with van der Waals surface area (Å²) in [6.45, 7) is -0.678. The van der Waals surface area contributed by atoms with Gasteiger partial charge in [0.1, 0.15) is 59.3 Å². The number of phosphoric acid groups is 1. The van der Waals surface area contributed by atoms with Crippen molar-refractivity contribution in [2.24, 2.45) is 0 Å². The SMILES string of the molecule is CC(=O)NC1C(O)CC(OP(=O)(O)OCC2OC(n3ccc(N)nc3=O)C(O)C2O)(C(=O)O)OC1C(O)[C@H](O)CNC(=S)Nc1ccc2c(c1)C(=O)OC21c2ccc(O)cc2Oc2cc(O)ccc21. The molecule has 3 aromatic carbocycles. The molecular formula is C41H43N6O20PS. The molecule has 10 unspecified atom stereocenters. The maximum atomic E-state index is 13.6. The Morgan fingerprint density at radius 1 is 1.00 bits per heavy atom. The molecular weight excluding hydrogens is 960 g/mol. The van der Waals surface area contributed by atoms with Crippen molar-refractivity contribution in [3.8, 4) is 23.0 Å². The number of aliphatic carboxylic acids is 1. The number of aliphatic hydroxyl groups is 5. The fourth-order valence-electron chi connectivity index (χ4n) is 8.49. The molecule has 0 bridgehead atoms. The number of aromatic nitrogens is 2. The van der Waals surface area contributed by atoms with Crippen molar-refractivity contribution in [2.45, 2.75) is 79.7 Å². The normalized spacial score (nSPS) is 27.1. The first kappa shape index (κ1) is 49.1. The van der Waals surface area contributed by atoms with Crippen molar-refractivity contribution in [1.82, 2.24) is 20.2 Å². The first-order chi connectivity index (χ1) is 32.5. The first-order valence-corrected chi connectivity index (χ1v) is 22.5. The summed E-state index contributed by atoms with van der Waals surface area (Å²) < 4.78 is 47.0. The average Bonchev–Trinajstić information content (AvgIpc) is 3.72. The number of benzene rings is 3. The van der Waals surface area contributed by atoms with E-state index < -0.39 is 117 Å². The third-order valence-corrected chi connectivity index (χ3v) is 12.9. The van der Waals surface area contributed by atoms with E-state index in [0.29, 0.717) is 16.7 Å². The summed E-state index contributed by atoms with van der Waals surface area (Å²) in [6, 6.07) is 12.6. The van der Waals surface area contributed by atoms with Crippen LogP contribution in [0.15, 0.2) is 71.7 Å². The number of aliphatic hydroxyl groups excluding tert-OH is 5. The Hall–Kier alpha value is -6.33. The number of carbonyl (C=O) groups excluding carboxylic acids is 2. The second-order valence-electron chi connectivity index (χ2n) is 16.3. The number of nitrogen functional groups attached to an aromatic ring is 1. The summed E-state index contributed by atoms with van der Waals surface area (Å²) in [4.78, 5) is 65.0. The molecule has 0 aliphatic carbocycles. The predicted octanol–water partition coefficient (Wildman–Crippen LogP) is -1.30. The monoisotopic (exact) mass is 1000 g/mol. The number of carboxylic acids is 1. The number of phenols is 2. The number of nitrogens with zero attached hydrogens (tertiary/aromatic N) is 2. The van der Waals surface area contributed by atoms with Crippen LogP contribution in [0.1, 0.15) is 46.6 Å². The zero-order chi connectivity index (χ0) is 49.9. The summed E-state index contributed by atoms with van der Waals surface area (Å²) in [6.07, 6.45) is -15.2. The number of aromatic hydroxyl groups is 2. The number of rotatable bonds is 13. The molecule has 0 saturated carbocycles. The van der Waals surface area contributed by atoms with Crippen LogP contribution in [0.3, 0.4) is 0 Å². The van der Waals surface area contributed by atoms with Gasteiger partial charge >= 0.3 is 25.5 Å². The molecule has 11 atom stereocenters. The van der Waals surface area contributed by atoms with Crippen LogP contribution in [0.25, 0.3) is 0 Å². The van der Waals surface area contributed by atoms with Crippen molar-refractivity contribution in [1.29, 1.82) is 0 Å². The number of phosphoric ester groups is 1. The lowest BCUT2D eigenvalue weighted by Crippen LogP contribution is -2.68. The summed E-state index contributed by atoms with van der Waals surface area (Å²) in [7, 11) is -5.66. The van der Waals surface area contributed by atoms with Gasteiger partial charge in [0.15, 0.2) is 16.9 Å². The Morgan fingerprint density at radius 3 is 2.28 bits per heavy atom. The van der Waals surface area contributed by atoms with Crippen LogP contribution in [-0.2, 0) is 43.0 Å². The van der Waals surface area contributed by atoms with Crippen molar-refractivity contribution in [3.63, 3.8) is 0 Å². The van der Waals surface area contributed by atoms with Crippen LogP contribution in [0, 0.1) is 0 Å². The number of nitrogens with one attached hydrogen (secondary N) is 3. The number of fused-ring (bicyclic) bond motifs is 6. The van der Waals surface area contributed by atoms with E-state index in [9.17, 15) is 69.5 Å². The van der Waals surface area contributed by atoms with Gasteiger partial charge in [-0.2, -0.15) is 4.98 Å². The van der Waals surface area contributed by atoms with Gasteiger partial charge in [0.25, 0.3) is 5.79 Å². The fraction of sp³-hybridized carbons (Fsp3) is 0.366. The number of ether oxygens (including phenoxy) is 4. The van der Waals surface area contributed by atoms with Crippen LogP contribution < -0.4 is 32.1 Å².